The third kappa shape index (κ3) is 3.32. The van der Waals surface area contributed by atoms with E-state index in [0.29, 0.717) is 29.3 Å². The van der Waals surface area contributed by atoms with Gasteiger partial charge in [0.2, 0.25) is 0 Å². The number of carbonyl (C=O) groups excluding carboxylic acids is 1. The Bertz CT molecular complexity index is 1050. The monoisotopic (exact) mass is 359 g/mol. The Morgan fingerprint density at radius 2 is 2.04 bits per heavy atom. The first-order valence-electron chi connectivity index (χ1n) is 8.41. The minimum absolute atomic E-state index is 0.200. The van der Waals surface area contributed by atoms with E-state index in [0.717, 1.165) is 11.1 Å². The minimum atomic E-state index is -0.200. The average molecular weight is 359 g/mol. The standard InChI is InChI=1S/C19H17N7O/c1-13-16(17(25-24-13)14-6-3-2-4-7-14)19(27)22-10-15-8-5-9-21-18(15)26-12-20-11-23-26/h2-9,11-12H,10H2,1H3,(H,22,27)(H,24,25). The van der Waals surface area contributed by atoms with E-state index in [1.165, 1.54) is 6.33 Å². The summed E-state index contributed by atoms with van der Waals surface area (Å²) in [5.74, 6) is 0.427. The van der Waals surface area contributed by atoms with Crippen LogP contribution in [0, 0.1) is 6.92 Å². The molecule has 1 amide bonds. The van der Waals surface area contributed by atoms with Gasteiger partial charge in [0.1, 0.15) is 18.3 Å². The van der Waals surface area contributed by atoms with Crippen LogP contribution >= 0.6 is 0 Å². The number of nitrogens with one attached hydrogen (secondary N) is 2. The van der Waals surface area contributed by atoms with Gasteiger partial charge < -0.3 is 5.32 Å². The Kier molecular flexibility index (Phi) is 4.44. The number of aromatic nitrogens is 6. The number of H-pyrrole nitrogens is 1. The van der Waals surface area contributed by atoms with Crippen LogP contribution in [0.3, 0.4) is 0 Å². The molecule has 0 spiro atoms. The highest BCUT2D eigenvalue weighted by atomic mass is 16.1. The van der Waals surface area contributed by atoms with Gasteiger partial charge in [-0.05, 0) is 13.0 Å². The largest absolute Gasteiger partial charge is 0.348 e. The molecule has 4 rings (SSSR count). The van der Waals surface area contributed by atoms with E-state index in [1.807, 2.05) is 49.4 Å². The summed E-state index contributed by atoms with van der Waals surface area (Å²) in [5, 5.41) is 14.3. The fraction of sp³-hybridized carbons (Fsp3) is 0.105. The van der Waals surface area contributed by atoms with E-state index in [4.69, 9.17) is 0 Å². The average Bonchev–Trinajstić information content (AvgIpc) is 3.37. The van der Waals surface area contributed by atoms with Crippen LogP contribution in [0.25, 0.3) is 17.1 Å². The Labute approximate surface area is 155 Å². The summed E-state index contributed by atoms with van der Waals surface area (Å²) in [6.45, 7) is 2.14. The van der Waals surface area contributed by atoms with E-state index >= 15 is 0 Å². The van der Waals surface area contributed by atoms with Crippen molar-refractivity contribution in [1.82, 2.24) is 35.3 Å². The third-order valence-corrected chi connectivity index (χ3v) is 4.16. The maximum absolute atomic E-state index is 12.9. The molecular weight excluding hydrogens is 342 g/mol. The first-order valence-corrected chi connectivity index (χ1v) is 8.41. The molecule has 0 unspecified atom stereocenters. The number of hydrogen-bond acceptors (Lipinski definition) is 5. The molecule has 27 heavy (non-hydrogen) atoms. The van der Waals surface area contributed by atoms with Gasteiger partial charge in [-0.25, -0.2) is 14.6 Å². The smallest absolute Gasteiger partial charge is 0.255 e. The molecule has 1 aromatic carbocycles. The molecule has 3 aromatic heterocycles. The maximum Gasteiger partial charge on any atom is 0.255 e. The van der Waals surface area contributed by atoms with Crippen LogP contribution in [0.1, 0.15) is 21.6 Å². The zero-order valence-corrected chi connectivity index (χ0v) is 14.6. The third-order valence-electron chi connectivity index (χ3n) is 4.16. The molecule has 0 saturated heterocycles. The van der Waals surface area contributed by atoms with Crippen LogP contribution < -0.4 is 5.32 Å². The van der Waals surface area contributed by atoms with Crippen LogP contribution in [0.5, 0.6) is 0 Å². The fourth-order valence-electron chi connectivity index (χ4n) is 2.87. The van der Waals surface area contributed by atoms with Crippen LogP contribution in [0.2, 0.25) is 0 Å². The van der Waals surface area contributed by atoms with Gasteiger partial charge >= 0.3 is 0 Å². The van der Waals surface area contributed by atoms with Crippen molar-refractivity contribution in [3.63, 3.8) is 0 Å². The van der Waals surface area contributed by atoms with Gasteiger partial charge in [0.05, 0.1) is 5.56 Å². The Morgan fingerprint density at radius 3 is 2.81 bits per heavy atom. The molecule has 0 aliphatic carbocycles. The zero-order valence-electron chi connectivity index (χ0n) is 14.6. The highest BCUT2D eigenvalue weighted by Crippen LogP contribution is 2.23. The molecule has 0 radical (unpaired) electrons. The predicted octanol–water partition coefficient (Wildman–Crippen LogP) is 2.29. The summed E-state index contributed by atoms with van der Waals surface area (Å²) in [5.41, 5.74) is 3.60. The van der Waals surface area contributed by atoms with Crippen molar-refractivity contribution >= 4 is 5.91 Å². The molecule has 0 aliphatic heterocycles. The second-order valence-electron chi connectivity index (χ2n) is 5.95. The number of carbonyl (C=O) groups is 1. The molecule has 3 heterocycles. The van der Waals surface area contributed by atoms with E-state index in [-0.39, 0.29) is 5.91 Å². The second-order valence-corrected chi connectivity index (χ2v) is 5.95. The van der Waals surface area contributed by atoms with Crippen molar-refractivity contribution in [1.29, 1.82) is 0 Å². The molecule has 0 bridgehead atoms. The molecule has 8 heteroatoms. The van der Waals surface area contributed by atoms with Crippen molar-refractivity contribution in [3.8, 4) is 17.1 Å². The molecule has 0 atom stereocenters. The molecule has 2 N–H and O–H groups in total. The fourth-order valence-corrected chi connectivity index (χ4v) is 2.87. The van der Waals surface area contributed by atoms with Gasteiger partial charge in [-0.3, -0.25) is 9.89 Å². The first kappa shape index (κ1) is 16.6. The maximum atomic E-state index is 12.9. The molecule has 134 valence electrons. The topological polar surface area (TPSA) is 101 Å². The highest BCUT2D eigenvalue weighted by molar-refractivity contribution is 6.01. The van der Waals surface area contributed by atoms with Gasteiger partial charge in [0, 0.05) is 29.6 Å². The lowest BCUT2D eigenvalue weighted by atomic mass is 10.1. The van der Waals surface area contributed by atoms with E-state index in [2.05, 4.69) is 30.6 Å². The molecule has 0 saturated carbocycles. The number of aryl methyl sites for hydroxylation is 1. The van der Waals surface area contributed by atoms with E-state index < -0.39 is 0 Å². The highest BCUT2D eigenvalue weighted by Gasteiger charge is 2.19. The van der Waals surface area contributed by atoms with Gasteiger partial charge in [0.15, 0.2) is 5.82 Å². The van der Waals surface area contributed by atoms with Crippen molar-refractivity contribution < 1.29 is 4.79 Å². The van der Waals surface area contributed by atoms with Crippen molar-refractivity contribution in [2.24, 2.45) is 0 Å². The van der Waals surface area contributed by atoms with Crippen LogP contribution in [0.15, 0.2) is 61.3 Å². The lowest BCUT2D eigenvalue weighted by molar-refractivity contribution is 0.0951. The van der Waals surface area contributed by atoms with Crippen LogP contribution in [-0.2, 0) is 6.54 Å². The number of aromatic amines is 1. The van der Waals surface area contributed by atoms with E-state index in [1.54, 1.807) is 17.2 Å². The molecule has 8 nitrogen and oxygen atoms in total. The summed E-state index contributed by atoms with van der Waals surface area (Å²) in [4.78, 5) is 21.1. The lowest BCUT2D eigenvalue weighted by Crippen LogP contribution is -2.24. The van der Waals surface area contributed by atoms with Crippen LogP contribution in [-0.4, -0.2) is 35.9 Å². The molecular formula is C19H17N7O. The number of rotatable bonds is 5. The summed E-state index contributed by atoms with van der Waals surface area (Å²) < 4.78 is 1.57. The number of pyridine rings is 1. The Hall–Kier alpha value is -3.81. The van der Waals surface area contributed by atoms with Crippen LogP contribution in [0.4, 0.5) is 0 Å². The summed E-state index contributed by atoms with van der Waals surface area (Å²) in [6.07, 6.45) is 4.69. The number of amides is 1. The Morgan fingerprint density at radius 1 is 1.19 bits per heavy atom. The lowest BCUT2D eigenvalue weighted by Gasteiger charge is -2.10. The summed E-state index contributed by atoms with van der Waals surface area (Å²) in [7, 11) is 0. The van der Waals surface area contributed by atoms with E-state index in [9.17, 15) is 4.79 Å². The van der Waals surface area contributed by atoms with Gasteiger partial charge in [-0.1, -0.05) is 36.4 Å². The summed E-state index contributed by atoms with van der Waals surface area (Å²) >= 11 is 0. The minimum Gasteiger partial charge on any atom is -0.348 e. The zero-order chi connectivity index (χ0) is 18.6. The van der Waals surface area contributed by atoms with Crippen molar-refractivity contribution in [2.75, 3.05) is 0 Å². The van der Waals surface area contributed by atoms with Gasteiger partial charge in [-0.2, -0.15) is 10.2 Å². The van der Waals surface area contributed by atoms with Crippen molar-refractivity contribution in [2.45, 2.75) is 13.5 Å². The molecule has 0 fully saturated rings. The first-order chi connectivity index (χ1) is 13.2. The SMILES string of the molecule is Cc1[nH]nc(-c2ccccc2)c1C(=O)NCc1cccnc1-n1cncn1. The summed E-state index contributed by atoms with van der Waals surface area (Å²) in [6, 6.07) is 13.3. The molecule has 0 aliphatic rings. The van der Waals surface area contributed by atoms with Crippen molar-refractivity contribution in [3.05, 3.63) is 78.1 Å². The number of benzene rings is 1. The number of nitrogens with zero attached hydrogens (tertiary/aromatic N) is 5. The van der Waals surface area contributed by atoms with Gasteiger partial charge in [-0.15, -0.1) is 0 Å². The second kappa shape index (κ2) is 7.20. The number of hydrogen-bond donors (Lipinski definition) is 2. The molecule has 4 aromatic rings. The normalized spacial score (nSPS) is 10.7. The Balaban J connectivity index is 1.58. The quantitative estimate of drug-likeness (QED) is 0.569. The predicted molar refractivity (Wildman–Crippen MR) is 99.1 cm³/mol. The van der Waals surface area contributed by atoms with Gasteiger partial charge in [0.25, 0.3) is 5.91 Å².